The molecular formula is CH3RhS2-. The number of hydrogen-bond acceptors (Lipinski definition) is 2. The average molecular weight is 182 g/mol. The maximum absolute atomic E-state index is 4.31. The summed E-state index contributed by atoms with van der Waals surface area (Å²) in [6.45, 7) is 0. The van der Waals surface area contributed by atoms with Crippen molar-refractivity contribution in [3.8, 4) is 0 Å². The molecule has 0 bridgehead atoms. The number of rotatable bonds is 0. The van der Waals surface area contributed by atoms with Crippen molar-refractivity contribution in [1.29, 1.82) is 0 Å². The van der Waals surface area contributed by atoms with E-state index < -0.39 is 0 Å². The van der Waals surface area contributed by atoms with E-state index >= 15 is 0 Å². The fraction of sp³-hybridized carbons (Fsp3) is 1.00. The standard InChI is InChI=1S/CH4S2.Rh/c1-3-2;/h2H,1H3;/p-1. The van der Waals surface area contributed by atoms with Crippen LogP contribution in [0.1, 0.15) is 0 Å². The molecule has 0 amide bonds. The zero-order chi connectivity index (χ0) is 2.71. The van der Waals surface area contributed by atoms with Crippen LogP contribution in [-0.4, -0.2) is 6.26 Å². The van der Waals surface area contributed by atoms with Crippen LogP contribution >= 0.6 is 10.8 Å². The van der Waals surface area contributed by atoms with Crippen LogP contribution in [0.4, 0.5) is 0 Å². The minimum absolute atomic E-state index is 0. The van der Waals surface area contributed by atoms with Crippen molar-refractivity contribution in [3.63, 3.8) is 0 Å². The summed E-state index contributed by atoms with van der Waals surface area (Å²) in [4.78, 5) is 0. The molecule has 0 saturated heterocycles. The predicted octanol–water partition coefficient (Wildman–Crippen LogP) is 0.809. The van der Waals surface area contributed by atoms with Crippen molar-refractivity contribution in [1.82, 2.24) is 0 Å². The van der Waals surface area contributed by atoms with Gasteiger partial charge in [0.2, 0.25) is 0 Å². The first-order valence-electron chi connectivity index (χ1n) is 0.575. The summed E-state index contributed by atoms with van der Waals surface area (Å²) in [5.74, 6) is 0. The van der Waals surface area contributed by atoms with E-state index in [-0.39, 0.29) is 19.5 Å². The Hall–Kier alpha value is 1.32. The van der Waals surface area contributed by atoms with E-state index in [1.165, 1.54) is 10.8 Å². The van der Waals surface area contributed by atoms with Gasteiger partial charge < -0.3 is 22.5 Å². The maximum Gasteiger partial charge on any atom is 0 e. The van der Waals surface area contributed by atoms with Crippen LogP contribution in [0.5, 0.6) is 0 Å². The van der Waals surface area contributed by atoms with Crippen molar-refractivity contribution in [2.45, 2.75) is 0 Å². The molecule has 4 heavy (non-hydrogen) atoms. The molecule has 1 radical (unpaired) electrons. The summed E-state index contributed by atoms with van der Waals surface area (Å²) in [6.07, 6.45) is 1.86. The minimum Gasteiger partial charge on any atom is -0.719 e. The molecule has 0 atom stereocenters. The Bertz CT molecular complexity index is 6.00. The molecule has 29 valence electrons. The Kier molecular flexibility index (Phi) is 19.9. The summed E-state index contributed by atoms with van der Waals surface area (Å²) in [7, 11) is 1.33. The van der Waals surface area contributed by atoms with Gasteiger partial charge in [-0.05, 0) is 6.26 Å². The molecule has 0 aromatic heterocycles. The molecule has 0 spiro atoms. The van der Waals surface area contributed by atoms with Gasteiger partial charge in [0.05, 0.1) is 0 Å². The second kappa shape index (κ2) is 8.85. The van der Waals surface area contributed by atoms with Crippen LogP contribution in [0.15, 0.2) is 0 Å². The van der Waals surface area contributed by atoms with Gasteiger partial charge in [0, 0.05) is 19.5 Å². The van der Waals surface area contributed by atoms with Crippen molar-refractivity contribution in [2.24, 2.45) is 0 Å². The molecule has 0 saturated carbocycles. The molecule has 0 aromatic rings. The number of hydrogen-bond donors (Lipinski definition) is 0. The summed E-state index contributed by atoms with van der Waals surface area (Å²) in [5, 5.41) is 0. The third-order valence-electron chi connectivity index (χ3n) is 0. The largest absolute Gasteiger partial charge is 0.719 e. The van der Waals surface area contributed by atoms with Crippen LogP contribution < -0.4 is 0 Å². The topological polar surface area (TPSA) is 0 Å². The van der Waals surface area contributed by atoms with E-state index in [0.717, 1.165) is 0 Å². The predicted molar refractivity (Wildman–Crippen MR) is 20.9 cm³/mol. The van der Waals surface area contributed by atoms with Gasteiger partial charge in [0.25, 0.3) is 0 Å². The maximum atomic E-state index is 4.31. The van der Waals surface area contributed by atoms with Crippen LogP contribution in [0.3, 0.4) is 0 Å². The van der Waals surface area contributed by atoms with Gasteiger partial charge in [-0.3, -0.25) is 0 Å². The van der Waals surface area contributed by atoms with Gasteiger partial charge in [0.1, 0.15) is 0 Å². The van der Waals surface area contributed by atoms with Gasteiger partial charge in [-0.15, -0.1) is 0 Å². The van der Waals surface area contributed by atoms with Crippen LogP contribution in [0.25, 0.3) is 0 Å². The van der Waals surface area contributed by atoms with Gasteiger partial charge >= 0.3 is 0 Å². The second-order valence-electron chi connectivity index (χ2n) is 0.167. The molecule has 0 aliphatic rings. The van der Waals surface area contributed by atoms with E-state index in [1.54, 1.807) is 0 Å². The monoisotopic (exact) mass is 182 g/mol. The molecule has 0 aromatic carbocycles. The van der Waals surface area contributed by atoms with Crippen molar-refractivity contribution in [3.05, 3.63) is 0 Å². The molecule has 0 aliphatic carbocycles. The summed E-state index contributed by atoms with van der Waals surface area (Å²) < 4.78 is 0. The third kappa shape index (κ3) is 10.2. The molecule has 0 heterocycles. The van der Waals surface area contributed by atoms with E-state index in [9.17, 15) is 0 Å². The van der Waals surface area contributed by atoms with E-state index in [0.29, 0.717) is 0 Å². The van der Waals surface area contributed by atoms with Crippen LogP contribution in [0, 0.1) is 0 Å². The molecule has 3 heteroatoms. The summed E-state index contributed by atoms with van der Waals surface area (Å²) in [6, 6.07) is 0. The van der Waals surface area contributed by atoms with Gasteiger partial charge in [0.15, 0.2) is 0 Å². The van der Waals surface area contributed by atoms with Gasteiger partial charge in [-0.25, -0.2) is 0 Å². The van der Waals surface area contributed by atoms with Crippen molar-refractivity contribution in [2.75, 3.05) is 6.26 Å². The normalized spacial score (nSPS) is 4.50. The Morgan fingerprint density at radius 1 is 1.75 bits per heavy atom. The van der Waals surface area contributed by atoms with E-state index in [1.807, 2.05) is 6.26 Å². The zero-order valence-corrected chi connectivity index (χ0v) is 5.42. The molecule has 0 rings (SSSR count). The van der Waals surface area contributed by atoms with Crippen LogP contribution in [0.2, 0.25) is 0 Å². The van der Waals surface area contributed by atoms with Crippen molar-refractivity contribution >= 4 is 22.5 Å². The zero-order valence-electron chi connectivity index (χ0n) is 2.15. The average Bonchev–Trinajstić information content (AvgIpc) is 0.918. The molecule has 0 aliphatic heterocycles. The van der Waals surface area contributed by atoms with Gasteiger partial charge in [-0.1, -0.05) is 0 Å². The molecule has 0 nitrogen and oxygen atoms in total. The second-order valence-corrected chi connectivity index (χ2v) is 1.50. The molecule has 0 fully saturated rings. The Morgan fingerprint density at radius 2 is 1.75 bits per heavy atom. The summed E-state index contributed by atoms with van der Waals surface area (Å²) >= 11 is 4.31. The summed E-state index contributed by atoms with van der Waals surface area (Å²) in [5.41, 5.74) is 0. The van der Waals surface area contributed by atoms with Gasteiger partial charge in [-0.2, -0.15) is 0 Å². The third-order valence-corrected chi connectivity index (χ3v) is 0. The first kappa shape index (κ1) is 9.01. The molecule has 0 unspecified atom stereocenters. The molecule has 0 N–H and O–H groups in total. The Balaban J connectivity index is 0. The molecular weight excluding hydrogens is 179 g/mol. The minimum atomic E-state index is 0. The fourth-order valence-corrected chi connectivity index (χ4v) is 0. The quantitative estimate of drug-likeness (QED) is 0.309. The van der Waals surface area contributed by atoms with Crippen LogP contribution in [-0.2, 0) is 31.1 Å². The van der Waals surface area contributed by atoms with E-state index in [2.05, 4.69) is 11.7 Å². The Morgan fingerprint density at radius 3 is 1.75 bits per heavy atom. The first-order chi connectivity index (χ1) is 1.41. The smallest absolute Gasteiger partial charge is 0 e. The Labute approximate surface area is 48.3 Å². The first-order valence-corrected chi connectivity index (χ1v) is 2.72. The van der Waals surface area contributed by atoms with Crippen molar-refractivity contribution < 1.29 is 19.5 Å². The van der Waals surface area contributed by atoms with E-state index in [4.69, 9.17) is 0 Å². The fourth-order valence-electron chi connectivity index (χ4n) is 0. The SMILES string of the molecule is CS[S-].[Rh].